The third-order valence-electron chi connectivity index (χ3n) is 3.30. The zero-order valence-electron chi connectivity index (χ0n) is 10.4. The average Bonchev–Trinajstić information content (AvgIpc) is 2.37. The molecular weight excluding hydrogens is 280 g/mol. The molecule has 94 valence electrons. The number of nitrogens with zero attached hydrogens (tertiary/aromatic N) is 1. The van der Waals surface area contributed by atoms with Crippen LogP contribution in [0.4, 0.5) is 0 Å². The molecule has 2 rings (SSSR count). The summed E-state index contributed by atoms with van der Waals surface area (Å²) in [6.07, 6.45) is 0. The van der Waals surface area contributed by atoms with Gasteiger partial charge < -0.3 is 10.1 Å². The van der Waals surface area contributed by atoms with Gasteiger partial charge in [0.05, 0.1) is 7.11 Å². The summed E-state index contributed by atoms with van der Waals surface area (Å²) >= 11 is 3.59. The van der Waals surface area contributed by atoms with Crippen LogP contribution in [0.25, 0.3) is 0 Å². The first-order valence-corrected chi connectivity index (χ1v) is 6.76. The van der Waals surface area contributed by atoms with Crippen LogP contribution in [0.15, 0.2) is 16.6 Å². The number of methoxy groups -OCH3 is 1. The lowest BCUT2D eigenvalue weighted by molar-refractivity contribution is 0.229. The van der Waals surface area contributed by atoms with Crippen LogP contribution >= 0.6 is 15.9 Å². The Kier molecular flexibility index (Phi) is 4.42. The Morgan fingerprint density at radius 2 is 2.06 bits per heavy atom. The summed E-state index contributed by atoms with van der Waals surface area (Å²) in [5.74, 6) is 0.990. The molecule has 4 heteroatoms. The number of hydrogen-bond donors (Lipinski definition) is 1. The first-order valence-electron chi connectivity index (χ1n) is 5.97. The van der Waals surface area contributed by atoms with Crippen molar-refractivity contribution >= 4 is 15.9 Å². The van der Waals surface area contributed by atoms with E-state index in [4.69, 9.17) is 4.74 Å². The molecule has 0 radical (unpaired) electrons. The highest BCUT2D eigenvalue weighted by Crippen LogP contribution is 2.29. The van der Waals surface area contributed by atoms with Crippen LogP contribution in [0.5, 0.6) is 5.75 Å². The minimum absolute atomic E-state index is 0.968. The largest absolute Gasteiger partial charge is 0.496 e. The number of halogens is 1. The van der Waals surface area contributed by atoms with Crippen molar-refractivity contribution in [3.8, 4) is 5.75 Å². The minimum Gasteiger partial charge on any atom is -0.496 e. The first-order chi connectivity index (χ1) is 8.22. The standard InChI is InChI=1S/C13H19BrN2O/c1-10-11(9-16-7-5-15-6-8-16)13(17-2)4-3-12(10)14/h3-4,15H,5-9H2,1-2H3. The molecule has 0 saturated carbocycles. The predicted octanol–water partition coefficient (Wildman–Crippen LogP) is 2.17. The Hall–Kier alpha value is -0.580. The lowest BCUT2D eigenvalue weighted by Gasteiger charge is -2.28. The van der Waals surface area contributed by atoms with E-state index in [2.05, 4.69) is 39.1 Å². The van der Waals surface area contributed by atoms with Crippen LogP contribution in [0.1, 0.15) is 11.1 Å². The van der Waals surface area contributed by atoms with Crippen LogP contribution in [0.2, 0.25) is 0 Å². The molecule has 1 aliphatic rings. The molecule has 0 unspecified atom stereocenters. The van der Waals surface area contributed by atoms with Gasteiger partial charge in [-0.05, 0) is 24.6 Å². The van der Waals surface area contributed by atoms with Gasteiger partial charge in [0, 0.05) is 42.8 Å². The van der Waals surface area contributed by atoms with E-state index in [-0.39, 0.29) is 0 Å². The molecule has 1 aliphatic heterocycles. The van der Waals surface area contributed by atoms with Gasteiger partial charge in [0.1, 0.15) is 5.75 Å². The summed E-state index contributed by atoms with van der Waals surface area (Å²) < 4.78 is 6.62. The fourth-order valence-corrected chi connectivity index (χ4v) is 2.56. The van der Waals surface area contributed by atoms with E-state index < -0.39 is 0 Å². The predicted molar refractivity (Wildman–Crippen MR) is 73.6 cm³/mol. The lowest BCUT2D eigenvalue weighted by Crippen LogP contribution is -2.43. The van der Waals surface area contributed by atoms with E-state index in [0.29, 0.717) is 0 Å². The summed E-state index contributed by atoms with van der Waals surface area (Å²) in [6.45, 7) is 7.48. The smallest absolute Gasteiger partial charge is 0.123 e. The maximum absolute atomic E-state index is 5.46. The molecule has 0 amide bonds. The van der Waals surface area contributed by atoms with Gasteiger partial charge >= 0.3 is 0 Å². The number of benzene rings is 1. The molecule has 1 N–H and O–H groups in total. The van der Waals surface area contributed by atoms with Gasteiger partial charge in [0.2, 0.25) is 0 Å². The van der Waals surface area contributed by atoms with Gasteiger partial charge in [-0.3, -0.25) is 4.90 Å². The second kappa shape index (κ2) is 5.85. The highest BCUT2D eigenvalue weighted by atomic mass is 79.9. The van der Waals surface area contributed by atoms with Gasteiger partial charge in [-0.25, -0.2) is 0 Å². The maximum Gasteiger partial charge on any atom is 0.123 e. The van der Waals surface area contributed by atoms with Crippen molar-refractivity contribution in [1.29, 1.82) is 0 Å². The van der Waals surface area contributed by atoms with E-state index in [0.717, 1.165) is 42.9 Å². The summed E-state index contributed by atoms with van der Waals surface area (Å²) in [6, 6.07) is 4.09. The summed E-state index contributed by atoms with van der Waals surface area (Å²) in [4.78, 5) is 2.47. The minimum atomic E-state index is 0.968. The highest BCUT2D eigenvalue weighted by molar-refractivity contribution is 9.10. The second-order valence-electron chi connectivity index (χ2n) is 4.38. The summed E-state index contributed by atoms with van der Waals surface area (Å²) in [5, 5.41) is 3.37. The van der Waals surface area contributed by atoms with E-state index in [1.54, 1.807) is 7.11 Å². The quantitative estimate of drug-likeness (QED) is 0.926. The molecule has 17 heavy (non-hydrogen) atoms. The third kappa shape index (κ3) is 3.00. The topological polar surface area (TPSA) is 24.5 Å². The Morgan fingerprint density at radius 3 is 2.71 bits per heavy atom. The molecule has 1 fully saturated rings. The van der Waals surface area contributed by atoms with E-state index in [1.807, 2.05) is 6.07 Å². The SMILES string of the molecule is COc1ccc(Br)c(C)c1CN1CCNCC1. The zero-order valence-corrected chi connectivity index (χ0v) is 12.0. The fraction of sp³-hybridized carbons (Fsp3) is 0.538. The number of hydrogen-bond acceptors (Lipinski definition) is 3. The van der Waals surface area contributed by atoms with Crippen molar-refractivity contribution in [3.63, 3.8) is 0 Å². The monoisotopic (exact) mass is 298 g/mol. The number of ether oxygens (including phenoxy) is 1. The van der Waals surface area contributed by atoms with Gasteiger partial charge in [0.15, 0.2) is 0 Å². The number of nitrogens with one attached hydrogen (secondary N) is 1. The molecule has 0 aliphatic carbocycles. The molecule has 0 spiro atoms. The van der Waals surface area contributed by atoms with Crippen LogP contribution in [0.3, 0.4) is 0 Å². The van der Waals surface area contributed by atoms with Crippen LogP contribution in [-0.2, 0) is 6.54 Å². The van der Waals surface area contributed by atoms with E-state index in [1.165, 1.54) is 11.1 Å². The average molecular weight is 299 g/mol. The lowest BCUT2D eigenvalue weighted by atomic mass is 10.1. The third-order valence-corrected chi connectivity index (χ3v) is 4.16. The van der Waals surface area contributed by atoms with Gasteiger partial charge in [-0.15, -0.1) is 0 Å². The normalized spacial score (nSPS) is 17.1. The Morgan fingerprint density at radius 1 is 1.35 bits per heavy atom. The molecule has 3 nitrogen and oxygen atoms in total. The zero-order chi connectivity index (χ0) is 12.3. The Balaban J connectivity index is 2.20. The maximum atomic E-state index is 5.46. The molecule has 0 bridgehead atoms. The molecule has 0 atom stereocenters. The molecule has 1 aromatic rings. The van der Waals surface area contributed by atoms with E-state index >= 15 is 0 Å². The summed E-state index contributed by atoms with van der Waals surface area (Å²) in [7, 11) is 1.74. The van der Waals surface area contributed by atoms with Gasteiger partial charge in [-0.2, -0.15) is 0 Å². The van der Waals surface area contributed by atoms with Gasteiger partial charge in [0.25, 0.3) is 0 Å². The molecule has 1 saturated heterocycles. The number of piperazine rings is 1. The highest BCUT2D eigenvalue weighted by Gasteiger charge is 2.15. The Bertz CT molecular complexity index is 389. The van der Waals surface area contributed by atoms with Crippen LogP contribution in [-0.4, -0.2) is 38.2 Å². The van der Waals surface area contributed by atoms with Crippen molar-refractivity contribution in [3.05, 3.63) is 27.7 Å². The Labute approximate surface area is 111 Å². The van der Waals surface area contributed by atoms with Crippen molar-refractivity contribution in [2.24, 2.45) is 0 Å². The van der Waals surface area contributed by atoms with Crippen molar-refractivity contribution in [2.75, 3.05) is 33.3 Å². The van der Waals surface area contributed by atoms with Crippen LogP contribution in [0, 0.1) is 6.92 Å². The van der Waals surface area contributed by atoms with Gasteiger partial charge in [-0.1, -0.05) is 15.9 Å². The first kappa shape index (κ1) is 12.9. The summed E-state index contributed by atoms with van der Waals surface area (Å²) in [5.41, 5.74) is 2.58. The van der Waals surface area contributed by atoms with Crippen molar-refractivity contribution in [1.82, 2.24) is 10.2 Å². The molecular formula is C13H19BrN2O. The fourth-order valence-electron chi connectivity index (χ4n) is 2.18. The molecule has 1 heterocycles. The van der Waals surface area contributed by atoms with Crippen molar-refractivity contribution < 1.29 is 4.74 Å². The molecule has 1 aromatic carbocycles. The van der Waals surface area contributed by atoms with Crippen molar-refractivity contribution in [2.45, 2.75) is 13.5 Å². The number of rotatable bonds is 3. The van der Waals surface area contributed by atoms with Crippen LogP contribution < -0.4 is 10.1 Å². The second-order valence-corrected chi connectivity index (χ2v) is 5.23. The van der Waals surface area contributed by atoms with E-state index in [9.17, 15) is 0 Å². The molecule has 0 aromatic heterocycles.